The van der Waals surface area contributed by atoms with Crippen molar-refractivity contribution in [1.82, 2.24) is 4.90 Å². The van der Waals surface area contributed by atoms with E-state index >= 15 is 0 Å². The summed E-state index contributed by atoms with van der Waals surface area (Å²) in [5.74, 6) is -0.231. The van der Waals surface area contributed by atoms with E-state index < -0.39 is 5.97 Å². The number of carboxylic acid groups (broad SMARTS) is 1. The van der Waals surface area contributed by atoms with Crippen LogP contribution in [-0.2, 0) is 16.0 Å². The molecular formula is C22H26ClNO3S. The van der Waals surface area contributed by atoms with E-state index in [4.69, 9.17) is 16.7 Å². The van der Waals surface area contributed by atoms with Gasteiger partial charge in [-0.25, -0.2) is 0 Å². The van der Waals surface area contributed by atoms with Gasteiger partial charge in [-0.2, -0.15) is 0 Å². The molecule has 3 rings (SSSR count). The average molecular weight is 420 g/mol. The maximum atomic E-state index is 12.6. The van der Waals surface area contributed by atoms with Gasteiger partial charge >= 0.3 is 5.97 Å². The van der Waals surface area contributed by atoms with Crippen molar-refractivity contribution < 1.29 is 14.7 Å². The van der Waals surface area contributed by atoms with Crippen molar-refractivity contribution in [2.45, 2.75) is 32.6 Å². The molecule has 0 radical (unpaired) electrons. The van der Waals surface area contributed by atoms with Gasteiger partial charge in [-0.3, -0.25) is 9.59 Å². The molecule has 2 aliphatic rings. The topological polar surface area (TPSA) is 57.6 Å². The van der Waals surface area contributed by atoms with Crippen LogP contribution in [0.5, 0.6) is 0 Å². The number of aliphatic carboxylic acids is 1. The van der Waals surface area contributed by atoms with Gasteiger partial charge in [0, 0.05) is 29.9 Å². The molecule has 1 fully saturated rings. The second-order valence-electron chi connectivity index (χ2n) is 7.43. The number of carbonyl (C=O) groups excluding carboxylic acids is 1. The van der Waals surface area contributed by atoms with E-state index in [1.807, 2.05) is 24.0 Å². The Labute approximate surface area is 175 Å². The zero-order valence-corrected chi connectivity index (χ0v) is 17.9. The number of carboxylic acids is 1. The minimum atomic E-state index is -0.876. The van der Waals surface area contributed by atoms with Gasteiger partial charge in [-0.1, -0.05) is 29.8 Å². The van der Waals surface area contributed by atoms with Crippen LogP contribution < -0.4 is 0 Å². The summed E-state index contributed by atoms with van der Waals surface area (Å²) < 4.78 is 0. The van der Waals surface area contributed by atoms with Crippen LogP contribution in [0.1, 0.15) is 37.3 Å². The fourth-order valence-electron chi connectivity index (χ4n) is 3.71. The van der Waals surface area contributed by atoms with Crippen LogP contribution in [0.25, 0.3) is 5.57 Å². The van der Waals surface area contributed by atoms with Crippen molar-refractivity contribution in [1.29, 1.82) is 0 Å². The summed E-state index contributed by atoms with van der Waals surface area (Å²) in [5, 5.41) is 9.67. The summed E-state index contributed by atoms with van der Waals surface area (Å²) in [6, 6.07) is 5.51. The molecule has 1 amide bonds. The number of allylic oxidation sites excluding steroid dienone is 3. The number of rotatable bonds is 8. The predicted molar refractivity (Wildman–Crippen MR) is 115 cm³/mol. The Bertz CT molecular complexity index is 829. The third kappa shape index (κ3) is 5.21. The summed E-state index contributed by atoms with van der Waals surface area (Å²) in [6.45, 7) is 3.41. The maximum absolute atomic E-state index is 12.6. The van der Waals surface area contributed by atoms with Gasteiger partial charge in [0.1, 0.15) is 0 Å². The summed E-state index contributed by atoms with van der Waals surface area (Å²) >= 11 is 8.02. The van der Waals surface area contributed by atoms with Crippen LogP contribution in [0.15, 0.2) is 35.3 Å². The van der Waals surface area contributed by atoms with Crippen molar-refractivity contribution in [3.05, 3.63) is 51.4 Å². The lowest BCUT2D eigenvalue weighted by Crippen LogP contribution is -2.37. The first-order chi connectivity index (χ1) is 13.4. The highest BCUT2D eigenvalue weighted by Crippen LogP contribution is 2.39. The molecule has 150 valence electrons. The first kappa shape index (κ1) is 21.0. The Morgan fingerprint density at radius 2 is 2.00 bits per heavy atom. The maximum Gasteiger partial charge on any atom is 0.307 e. The zero-order chi connectivity index (χ0) is 20.3. The Morgan fingerprint density at radius 3 is 2.61 bits per heavy atom. The molecule has 1 aromatic carbocycles. The van der Waals surface area contributed by atoms with Crippen molar-refractivity contribution in [2.24, 2.45) is 11.8 Å². The lowest BCUT2D eigenvalue weighted by molar-refractivity contribution is -0.136. The van der Waals surface area contributed by atoms with Gasteiger partial charge in [0.2, 0.25) is 5.91 Å². The van der Waals surface area contributed by atoms with Crippen molar-refractivity contribution >= 4 is 40.8 Å². The van der Waals surface area contributed by atoms with Crippen molar-refractivity contribution in [3.63, 3.8) is 0 Å². The van der Waals surface area contributed by atoms with Crippen molar-refractivity contribution in [2.75, 3.05) is 19.3 Å². The molecule has 1 aromatic rings. The van der Waals surface area contributed by atoms with Crippen LogP contribution in [0.2, 0.25) is 5.02 Å². The summed E-state index contributed by atoms with van der Waals surface area (Å²) in [6.07, 6.45) is 9.12. The number of carbonyl (C=O) groups is 2. The number of halogens is 1. The second-order valence-corrected chi connectivity index (χ2v) is 8.80. The lowest BCUT2D eigenvalue weighted by atomic mass is 9.85. The highest BCUT2D eigenvalue weighted by Gasteiger charge is 2.34. The van der Waals surface area contributed by atoms with E-state index in [-0.39, 0.29) is 24.2 Å². The largest absolute Gasteiger partial charge is 0.481 e. The molecule has 0 heterocycles. The molecule has 28 heavy (non-hydrogen) atoms. The minimum absolute atomic E-state index is 0.0569. The van der Waals surface area contributed by atoms with Crippen LogP contribution in [0.3, 0.4) is 0 Å². The van der Waals surface area contributed by atoms with E-state index in [0.29, 0.717) is 23.7 Å². The molecule has 4 nitrogen and oxygen atoms in total. The Balaban J connectivity index is 1.90. The first-order valence-electron chi connectivity index (χ1n) is 9.66. The van der Waals surface area contributed by atoms with Crippen molar-refractivity contribution in [3.8, 4) is 0 Å². The van der Waals surface area contributed by atoms with Crippen LogP contribution in [-0.4, -0.2) is 41.2 Å². The molecule has 2 aliphatic carbocycles. The molecule has 1 N–H and O–H groups in total. The molecule has 0 bridgehead atoms. The summed E-state index contributed by atoms with van der Waals surface area (Å²) in [5.41, 5.74) is 2.75. The van der Waals surface area contributed by atoms with E-state index in [1.165, 1.54) is 4.91 Å². The van der Waals surface area contributed by atoms with Gasteiger partial charge in [0.15, 0.2) is 0 Å². The molecule has 0 aromatic heterocycles. The first-order valence-corrected chi connectivity index (χ1v) is 11.3. The van der Waals surface area contributed by atoms with Crippen LogP contribution in [0, 0.1) is 11.8 Å². The number of nitrogens with zero attached hydrogens (tertiary/aromatic N) is 1. The molecule has 1 atom stereocenters. The molecular weight excluding hydrogens is 394 g/mol. The lowest BCUT2D eigenvalue weighted by Gasteiger charge is -2.31. The second kappa shape index (κ2) is 9.19. The van der Waals surface area contributed by atoms with Gasteiger partial charge in [-0.15, -0.1) is 11.8 Å². The molecule has 1 saturated carbocycles. The monoisotopic (exact) mass is 419 g/mol. The molecule has 0 spiro atoms. The van der Waals surface area contributed by atoms with Gasteiger partial charge in [0.05, 0.1) is 6.42 Å². The third-order valence-corrected chi connectivity index (χ3v) is 6.35. The molecule has 1 unspecified atom stereocenters. The smallest absolute Gasteiger partial charge is 0.307 e. The number of benzene rings is 1. The SMILES string of the molecule is CCN(CC1CC(SC)=CC=C1c1cc(Cl)cc(CC(=O)O)c1)C(=O)C1CC1. The van der Waals surface area contributed by atoms with Gasteiger partial charge in [0.25, 0.3) is 0 Å². The average Bonchev–Trinajstić information content (AvgIpc) is 3.49. The van der Waals surface area contributed by atoms with E-state index in [0.717, 1.165) is 30.4 Å². The fourth-order valence-corrected chi connectivity index (χ4v) is 4.54. The normalized spacial score (nSPS) is 19.0. The quantitative estimate of drug-likeness (QED) is 0.652. The predicted octanol–water partition coefficient (Wildman–Crippen LogP) is 4.88. The minimum Gasteiger partial charge on any atom is -0.481 e. The number of thioether (sulfide) groups is 1. The Kier molecular flexibility index (Phi) is 6.89. The summed E-state index contributed by atoms with van der Waals surface area (Å²) in [4.78, 5) is 27.0. The Hall–Kier alpha value is -1.72. The molecule has 0 saturated heterocycles. The third-order valence-electron chi connectivity index (χ3n) is 5.31. The van der Waals surface area contributed by atoms with Gasteiger partial charge < -0.3 is 10.0 Å². The number of hydrogen-bond acceptors (Lipinski definition) is 3. The standard InChI is InChI=1S/C22H26ClNO3S/c1-3-24(22(27)15-4-5-15)13-17-12-19(28-2)6-7-20(17)16-8-14(10-21(25)26)9-18(23)11-16/h6-9,11,15,17H,3-5,10,12-13H2,1-2H3,(H,25,26). The highest BCUT2D eigenvalue weighted by molar-refractivity contribution is 8.02. The van der Waals surface area contributed by atoms with Crippen LogP contribution >= 0.6 is 23.4 Å². The number of amides is 1. The van der Waals surface area contributed by atoms with E-state index in [9.17, 15) is 9.59 Å². The van der Waals surface area contributed by atoms with E-state index in [1.54, 1.807) is 17.8 Å². The van der Waals surface area contributed by atoms with Gasteiger partial charge in [-0.05, 0) is 66.2 Å². The van der Waals surface area contributed by atoms with E-state index in [2.05, 4.69) is 18.4 Å². The zero-order valence-electron chi connectivity index (χ0n) is 16.3. The molecule has 0 aliphatic heterocycles. The fraction of sp³-hybridized carbons (Fsp3) is 0.455. The highest BCUT2D eigenvalue weighted by atomic mass is 35.5. The molecule has 6 heteroatoms. The Morgan fingerprint density at radius 1 is 1.25 bits per heavy atom. The van der Waals surface area contributed by atoms with Crippen LogP contribution in [0.4, 0.5) is 0 Å². The number of hydrogen-bond donors (Lipinski definition) is 1. The summed E-state index contributed by atoms with van der Waals surface area (Å²) in [7, 11) is 0.